The molecule has 1 aromatic heterocycles. The molecule has 120 valence electrons. The van der Waals surface area contributed by atoms with Crippen molar-refractivity contribution in [2.45, 2.75) is 42.7 Å². The summed E-state index contributed by atoms with van der Waals surface area (Å²) in [5.41, 5.74) is 0. The third-order valence-corrected chi connectivity index (χ3v) is 6.43. The highest BCUT2D eigenvalue weighted by molar-refractivity contribution is 7.89. The highest BCUT2D eigenvalue weighted by atomic mass is 32.2. The summed E-state index contributed by atoms with van der Waals surface area (Å²) in [6, 6.07) is 2.97. The van der Waals surface area contributed by atoms with Gasteiger partial charge in [0.1, 0.15) is 11.0 Å². The molecule has 3 aliphatic rings. The fourth-order valence-corrected chi connectivity index (χ4v) is 5.21. The second-order valence-corrected chi connectivity index (χ2v) is 8.24. The van der Waals surface area contributed by atoms with Crippen LogP contribution in [-0.4, -0.2) is 50.1 Å². The fourth-order valence-electron chi connectivity index (χ4n) is 3.87. The van der Waals surface area contributed by atoms with Crippen LogP contribution < -0.4 is 9.46 Å². The Hall–Kier alpha value is -1.18. The number of nitrogens with zero attached hydrogens (tertiary/aromatic N) is 2. The SMILES string of the molecule is O=S1(=O)NC2CN(CC3CCCC3)CC2Oc2ncccc21. The van der Waals surface area contributed by atoms with E-state index in [1.165, 1.54) is 25.7 Å². The van der Waals surface area contributed by atoms with E-state index in [9.17, 15) is 8.42 Å². The van der Waals surface area contributed by atoms with Crippen molar-refractivity contribution in [1.82, 2.24) is 14.6 Å². The summed E-state index contributed by atoms with van der Waals surface area (Å²) in [6.07, 6.45) is 6.65. The molecule has 1 aliphatic carbocycles. The Kier molecular flexibility index (Phi) is 3.58. The lowest BCUT2D eigenvalue weighted by atomic mass is 10.1. The van der Waals surface area contributed by atoms with Gasteiger partial charge >= 0.3 is 0 Å². The molecule has 2 atom stereocenters. The molecule has 0 bridgehead atoms. The summed E-state index contributed by atoms with van der Waals surface area (Å²) in [4.78, 5) is 6.58. The average Bonchev–Trinajstić information content (AvgIpc) is 3.08. The molecule has 2 unspecified atom stereocenters. The number of rotatable bonds is 2. The molecule has 4 rings (SSSR count). The van der Waals surface area contributed by atoms with Crippen LogP contribution in [0.25, 0.3) is 0 Å². The van der Waals surface area contributed by atoms with Crippen LogP contribution in [0.4, 0.5) is 0 Å². The molecule has 1 aromatic rings. The molecule has 1 N–H and O–H groups in total. The lowest BCUT2D eigenvalue weighted by Gasteiger charge is -2.20. The highest BCUT2D eigenvalue weighted by Gasteiger charge is 2.42. The number of sulfonamides is 1. The van der Waals surface area contributed by atoms with Crippen molar-refractivity contribution in [3.05, 3.63) is 18.3 Å². The zero-order valence-electron chi connectivity index (χ0n) is 12.4. The maximum Gasteiger partial charge on any atom is 0.246 e. The predicted molar refractivity (Wildman–Crippen MR) is 81.2 cm³/mol. The summed E-state index contributed by atoms with van der Waals surface area (Å²) < 4.78 is 33.6. The van der Waals surface area contributed by atoms with Crippen LogP contribution in [0, 0.1) is 5.92 Å². The third kappa shape index (κ3) is 2.61. The molecule has 7 heteroatoms. The minimum Gasteiger partial charge on any atom is -0.470 e. The van der Waals surface area contributed by atoms with Crippen LogP contribution in [0.5, 0.6) is 5.88 Å². The Morgan fingerprint density at radius 3 is 2.95 bits per heavy atom. The maximum absolute atomic E-state index is 12.4. The van der Waals surface area contributed by atoms with Gasteiger partial charge in [0.05, 0.1) is 6.04 Å². The van der Waals surface area contributed by atoms with Crippen molar-refractivity contribution in [2.24, 2.45) is 5.92 Å². The quantitative estimate of drug-likeness (QED) is 0.879. The number of hydrogen-bond acceptors (Lipinski definition) is 5. The molecule has 1 saturated heterocycles. The topological polar surface area (TPSA) is 71.5 Å². The number of fused-ring (bicyclic) bond motifs is 2. The first kappa shape index (κ1) is 14.4. The second kappa shape index (κ2) is 5.47. The number of aromatic nitrogens is 1. The van der Waals surface area contributed by atoms with Crippen LogP contribution in [-0.2, 0) is 10.0 Å². The lowest BCUT2D eigenvalue weighted by Crippen LogP contribution is -2.42. The molecular weight excluding hydrogens is 302 g/mol. The van der Waals surface area contributed by atoms with Gasteiger partial charge in [0.2, 0.25) is 15.9 Å². The zero-order valence-corrected chi connectivity index (χ0v) is 13.3. The van der Waals surface area contributed by atoms with Crippen molar-refractivity contribution < 1.29 is 13.2 Å². The van der Waals surface area contributed by atoms with E-state index in [4.69, 9.17) is 4.74 Å². The number of ether oxygens (including phenoxy) is 1. The first-order chi connectivity index (χ1) is 10.6. The molecule has 0 aromatic carbocycles. The van der Waals surface area contributed by atoms with E-state index in [0.717, 1.165) is 19.0 Å². The summed E-state index contributed by atoms with van der Waals surface area (Å²) in [7, 11) is -3.55. The third-order valence-electron chi connectivity index (χ3n) is 4.93. The lowest BCUT2D eigenvalue weighted by molar-refractivity contribution is 0.173. The van der Waals surface area contributed by atoms with Crippen molar-refractivity contribution in [3.8, 4) is 5.88 Å². The standard InChI is InChI=1S/C15H21N3O3S/c19-22(20)14-6-3-7-16-15(14)21-13-10-18(9-12(13)17-22)8-11-4-1-2-5-11/h3,6-7,11-13,17H,1-2,4-5,8-10H2. The van der Waals surface area contributed by atoms with Crippen LogP contribution in [0.3, 0.4) is 0 Å². The van der Waals surface area contributed by atoms with E-state index in [2.05, 4.69) is 14.6 Å². The summed E-state index contributed by atoms with van der Waals surface area (Å²) in [6.45, 7) is 2.53. The van der Waals surface area contributed by atoms with Crippen molar-refractivity contribution >= 4 is 10.0 Å². The minimum atomic E-state index is -3.55. The van der Waals surface area contributed by atoms with Gasteiger partial charge in [-0.15, -0.1) is 0 Å². The maximum atomic E-state index is 12.4. The Balaban J connectivity index is 1.54. The van der Waals surface area contributed by atoms with E-state index in [1.807, 2.05) is 0 Å². The van der Waals surface area contributed by atoms with Gasteiger partial charge in [-0.25, -0.2) is 18.1 Å². The van der Waals surface area contributed by atoms with Gasteiger partial charge in [-0.3, -0.25) is 4.90 Å². The Morgan fingerprint density at radius 1 is 1.32 bits per heavy atom. The first-order valence-electron chi connectivity index (χ1n) is 7.98. The Bertz CT molecular complexity index is 658. The van der Waals surface area contributed by atoms with Gasteiger partial charge in [0.25, 0.3) is 0 Å². The number of nitrogens with one attached hydrogen (secondary N) is 1. The molecule has 0 spiro atoms. The van der Waals surface area contributed by atoms with Crippen molar-refractivity contribution in [2.75, 3.05) is 19.6 Å². The molecule has 1 saturated carbocycles. The molecule has 22 heavy (non-hydrogen) atoms. The Labute approximate surface area is 130 Å². The van der Waals surface area contributed by atoms with Crippen LogP contribution in [0.1, 0.15) is 25.7 Å². The number of hydrogen-bond donors (Lipinski definition) is 1. The largest absolute Gasteiger partial charge is 0.470 e. The van der Waals surface area contributed by atoms with Gasteiger partial charge in [0.15, 0.2) is 0 Å². The molecule has 6 nitrogen and oxygen atoms in total. The number of likely N-dealkylation sites (tertiary alicyclic amines) is 1. The normalized spacial score (nSPS) is 31.3. The van der Waals surface area contributed by atoms with Crippen molar-refractivity contribution in [3.63, 3.8) is 0 Å². The van der Waals surface area contributed by atoms with Gasteiger partial charge in [-0.1, -0.05) is 12.8 Å². The molecule has 2 fully saturated rings. The number of pyridine rings is 1. The second-order valence-electron chi connectivity index (χ2n) is 6.56. The Morgan fingerprint density at radius 2 is 2.14 bits per heavy atom. The fraction of sp³-hybridized carbons (Fsp3) is 0.667. The molecule has 0 radical (unpaired) electrons. The minimum absolute atomic E-state index is 0.145. The smallest absolute Gasteiger partial charge is 0.246 e. The zero-order chi connectivity index (χ0) is 15.2. The van der Waals surface area contributed by atoms with Gasteiger partial charge < -0.3 is 4.74 Å². The summed E-state index contributed by atoms with van der Waals surface area (Å²) >= 11 is 0. The van der Waals surface area contributed by atoms with Crippen LogP contribution in [0.2, 0.25) is 0 Å². The van der Waals surface area contributed by atoms with E-state index >= 15 is 0 Å². The first-order valence-corrected chi connectivity index (χ1v) is 9.46. The van der Waals surface area contributed by atoms with E-state index < -0.39 is 10.0 Å². The van der Waals surface area contributed by atoms with E-state index in [0.29, 0.717) is 6.54 Å². The molecule has 3 heterocycles. The predicted octanol–water partition coefficient (Wildman–Crippen LogP) is 0.995. The monoisotopic (exact) mass is 323 g/mol. The average molecular weight is 323 g/mol. The van der Waals surface area contributed by atoms with Crippen LogP contribution in [0.15, 0.2) is 23.2 Å². The molecule has 0 amide bonds. The molecule has 2 aliphatic heterocycles. The van der Waals surface area contributed by atoms with E-state index in [-0.39, 0.29) is 22.9 Å². The van der Waals surface area contributed by atoms with Gasteiger partial charge in [0, 0.05) is 25.8 Å². The summed E-state index contributed by atoms with van der Waals surface area (Å²) in [5, 5.41) is 0. The highest BCUT2D eigenvalue weighted by Crippen LogP contribution is 2.31. The molecular formula is C15H21N3O3S. The van der Waals surface area contributed by atoms with Gasteiger partial charge in [-0.05, 0) is 30.9 Å². The summed E-state index contributed by atoms with van der Waals surface area (Å²) in [5.74, 6) is 0.981. The van der Waals surface area contributed by atoms with Crippen molar-refractivity contribution in [1.29, 1.82) is 0 Å². The van der Waals surface area contributed by atoms with Crippen LogP contribution >= 0.6 is 0 Å². The van der Waals surface area contributed by atoms with Gasteiger partial charge in [-0.2, -0.15) is 0 Å². The van der Waals surface area contributed by atoms with E-state index in [1.54, 1.807) is 18.3 Å².